The highest BCUT2D eigenvalue weighted by atomic mass is 32.2. The van der Waals surface area contributed by atoms with Crippen LogP contribution in [0.2, 0.25) is 0 Å². The summed E-state index contributed by atoms with van der Waals surface area (Å²) >= 11 is 1.31. The van der Waals surface area contributed by atoms with Gasteiger partial charge >= 0.3 is 0 Å². The lowest BCUT2D eigenvalue weighted by Crippen LogP contribution is -2.45. The molecule has 150 valence electrons. The molecule has 0 spiro atoms. The van der Waals surface area contributed by atoms with Gasteiger partial charge in [0.15, 0.2) is 0 Å². The quantitative estimate of drug-likeness (QED) is 0.685. The molecule has 2 saturated carbocycles. The van der Waals surface area contributed by atoms with Crippen molar-refractivity contribution in [2.24, 2.45) is 16.7 Å². The largest absolute Gasteiger partial charge is 0.299 e. The molecule has 5 nitrogen and oxygen atoms in total. The molecule has 2 atom stereocenters. The van der Waals surface area contributed by atoms with E-state index in [9.17, 15) is 18.0 Å². The van der Waals surface area contributed by atoms with Crippen molar-refractivity contribution in [1.82, 2.24) is 4.72 Å². The fourth-order valence-corrected chi connectivity index (χ4v) is 7.83. The van der Waals surface area contributed by atoms with Gasteiger partial charge in [0.25, 0.3) is 0 Å². The van der Waals surface area contributed by atoms with Crippen LogP contribution in [0.1, 0.15) is 54.1 Å². The van der Waals surface area contributed by atoms with Crippen molar-refractivity contribution in [1.29, 1.82) is 0 Å². The Bertz CT molecular complexity index is 999. The molecule has 0 amide bonds. The van der Waals surface area contributed by atoms with Gasteiger partial charge in [0.1, 0.15) is 5.78 Å². The molecule has 1 N–H and O–H groups in total. The minimum Gasteiger partial charge on any atom is -0.299 e. The molecule has 0 aliphatic heterocycles. The maximum atomic E-state index is 12.8. The lowest BCUT2D eigenvalue weighted by molar-refractivity contribution is -0.128. The van der Waals surface area contributed by atoms with E-state index >= 15 is 0 Å². The van der Waals surface area contributed by atoms with Gasteiger partial charge in [-0.15, -0.1) is 11.3 Å². The minimum atomic E-state index is -3.61. The third kappa shape index (κ3) is 3.13. The monoisotopic (exact) mass is 419 g/mol. The molecule has 3 aliphatic carbocycles. The first kappa shape index (κ1) is 19.7. The summed E-state index contributed by atoms with van der Waals surface area (Å²) in [4.78, 5) is 26.4. The fourth-order valence-electron chi connectivity index (χ4n) is 5.03. The SMILES string of the molecule is CC1(C)C2CCC1(CS(=O)(=O)NCc1ccc(C(=O)C3=CCC=C3)s1)C(=O)C2. The number of Topliss-reactive ketones (excluding diaryl/α,β-unsaturated/α-hetero) is 2. The molecule has 0 aromatic carbocycles. The molecule has 2 fully saturated rings. The van der Waals surface area contributed by atoms with Crippen LogP contribution in [-0.4, -0.2) is 25.7 Å². The van der Waals surface area contributed by atoms with Crippen LogP contribution in [0, 0.1) is 16.7 Å². The van der Waals surface area contributed by atoms with E-state index in [-0.39, 0.29) is 29.3 Å². The van der Waals surface area contributed by atoms with E-state index < -0.39 is 15.4 Å². The summed E-state index contributed by atoms with van der Waals surface area (Å²) in [5, 5.41) is 0. The molecular formula is C21H25NO4S2. The maximum absolute atomic E-state index is 12.8. The molecular weight excluding hydrogens is 394 g/mol. The topological polar surface area (TPSA) is 80.3 Å². The Morgan fingerprint density at radius 3 is 2.71 bits per heavy atom. The summed E-state index contributed by atoms with van der Waals surface area (Å²) in [6.07, 6.45) is 8.51. The van der Waals surface area contributed by atoms with Crippen molar-refractivity contribution < 1.29 is 18.0 Å². The van der Waals surface area contributed by atoms with Crippen molar-refractivity contribution in [2.45, 2.75) is 46.1 Å². The Hall–Kier alpha value is -1.57. The van der Waals surface area contributed by atoms with E-state index in [4.69, 9.17) is 0 Å². The minimum absolute atomic E-state index is 0.0259. The van der Waals surface area contributed by atoms with E-state index in [2.05, 4.69) is 4.72 Å². The van der Waals surface area contributed by atoms with Crippen molar-refractivity contribution in [2.75, 3.05) is 5.75 Å². The first-order valence-corrected chi connectivity index (χ1v) is 12.1. The smallest absolute Gasteiger partial charge is 0.212 e. The number of rotatable bonds is 7. The van der Waals surface area contributed by atoms with E-state index in [1.165, 1.54) is 11.3 Å². The Morgan fingerprint density at radius 2 is 2.11 bits per heavy atom. The van der Waals surface area contributed by atoms with Crippen LogP contribution in [0.4, 0.5) is 0 Å². The average molecular weight is 420 g/mol. The van der Waals surface area contributed by atoms with Gasteiger partial charge < -0.3 is 0 Å². The van der Waals surface area contributed by atoms with Gasteiger partial charge in [0.2, 0.25) is 15.8 Å². The molecule has 1 heterocycles. The summed E-state index contributed by atoms with van der Waals surface area (Å²) < 4.78 is 28.2. The predicted octanol–water partition coefficient (Wildman–Crippen LogP) is 3.63. The van der Waals surface area contributed by atoms with Gasteiger partial charge in [-0.05, 0) is 42.7 Å². The number of ketones is 2. The van der Waals surface area contributed by atoms with Crippen LogP contribution >= 0.6 is 11.3 Å². The van der Waals surface area contributed by atoms with Gasteiger partial charge in [-0.3, -0.25) is 9.59 Å². The van der Waals surface area contributed by atoms with Crippen molar-refractivity contribution in [3.63, 3.8) is 0 Å². The molecule has 3 aliphatic rings. The highest BCUT2D eigenvalue weighted by Gasteiger charge is 2.65. The first-order chi connectivity index (χ1) is 13.1. The second kappa shape index (κ2) is 6.75. The zero-order valence-electron chi connectivity index (χ0n) is 16.2. The third-order valence-electron chi connectivity index (χ3n) is 6.96. The molecule has 0 saturated heterocycles. The third-order valence-corrected chi connectivity index (χ3v) is 9.50. The number of carbonyl (C=O) groups excluding carboxylic acids is 2. The van der Waals surface area contributed by atoms with E-state index in [0.29, 0.717) is 29.2 Å². The van der Waals surface area contributed by atoms with Crippen LogP contribution in [0.25, 0.3) is 0 Å². The number of hydrogen-bond acceptors (Lipinski definition) is 5. The molecule has 4 rings (SSSR count). The van der Waals surface area contributed by atoms with Crippen LogP contribution in [-0.2, 0) is 21.4 Å². The van der Waals surface area contributed by atoms with Crippen LogP contribution < -0.4 is 4.72 Å². The molecule has 2 bridgehead atoms. The number of carbonyl (C=O) groups is 2. The molecule has 28 heavy (non-hydrogen) atoms. The fraction of sp³-hybridized carbons (Fsp3) is 0.524. The highest BCUT2D eigenvalue weighted by Crippen LogP contribution is 2.64. The second-order valence-electron chi connectivity index (χ2n) is 8.64. The normalized spacial score (nSPS) is 28.1. The zero-order chi connectivity index (χ0) is 20.2. The first-order valence-electron chi connectivity index (χ1n) is 9.65. The van der Waals surface area contributed by atoms with Crippen molar-refractivity contribution >= 4 is 32.9 Å². The summed E-state index contributed by atoms with van der Waals surface area (Å²) in [5.74, 6) is 0.222. The second-order valence-corrected chi connectivity index (χ2v) is 11.6. The van der Waals surface area contributed by atoms with Crippen molar-refractivity contribution in [3.05, 3.63) is 45.7 Å². The highest BCUT2D eigenvalue weighted by molar-refractivity contribution is 7.89. The standard InChI is InChI=1S/C21H25NO4S2/c1-20(2)15-9-10-21(20,18(23)11-15)13-28(25,26)22-12-16-7-8-17(27-16)19(24)14-5-3-4-6-14/h3,5-8,15,22H,4,9-13H2,1-2H3. The molecule has 1 aromatic rings. The van der Waals surface area contributed by atoms with Crippen molar-refractivity contribution in [3.8, 4) is 0 Å². The van der Waals surface area contributed by atoms with Gasteiger partial charge in [0, 0.05) is 28.8 Å². The van der Waals surface area contributed by atoms with Crippen LogP contribution in [0.5, 0.6) is 0 Å². The summed E-state index contributed by atoms with van der Waals surface area (Å²) in [6, 6.07) is 3.53. The van der Waals surface area contributed by atoms with Gasteiger partial charge in [-0.25, -0.2) is 13.1 Å². The van der Waals surface area contributed by atoms with E-state index in [1.807, 2.05) is 32.1 Å². The van der Waals surface area contributed by atoms with Crippen LogP contribution in [0.3, 0.4) is 0 Å². The number of thiophene rings is 1. The molecule has 0 radical (unpaired) electrons. The average Bonchev–Trinajstić information content (AvgIpc) is 3.38. The maximum Gasteiger partial charge on any atom is 0.212 e. The lowest BCUT2D eigenvalue weighted by atomic mass is 9.70. The Kier molecular flexibility index (Phi) is 4.75. The Morgan fingerprint density at radius 1 is 1.32 bits per heavy atom. The van der Waals surface area contributed by atoms with Gasteiger partial charge in [-0.1, -0.05) is 32.1 Å². The summed E-state index contributed by atoms with van der Waals surface area (Å²) in [6.45, 7) is 4.21. The molecule has 1 aromatic heterocycles. The zero-order valence-corrected chi connectivity index (χ0v) is 17.8. The molecule has 2 unspecified atom stereocenters. The van der Waals surface area contributed by atoms with Gasteiger partial charge in [-0.2, -0.15) is 0 Å². The summed E-state index contributed by atoms with van der Waals surface area (Å²) in [5.41, 5.74) is -0.351. The number of allylic oxidation sites excluding steroid dienone is 4. The number of fused-ring (bicyclic) bond motifs is 2. The summed E-state index contributed by atoms with van der Waals surface area (Å²) in [7, 11) is -3.61. The number of sulfonamides is 1. The van der Waals surface area contributed by atoms with Crippen LogP contribution in [0.15, 0.2) is 35.9 Å². The number of hydrogen-bond donors (Lipinski definition) is 1. The lowest BCUT2D eigenvalue weighted by Gasteiger charge is -2.36. The van der Waals surface area contributed by atoms with E-state index in [1.54, 1.807) is 12.1 Å². The molecule has 7 heteroatoms. The van der Waals surface area contributed by atoms with E-state index in [0.717, 1.165) is 17.7 Å². The Balaban J connectivity index is 1.43. The number of nitrogens with one attached hydrogen (secondary N) is 1. The Labute approximate surface area is 170 Å². The predicted molar refractivity (Wildman–Crippen MR) is 110 cm³/mol. The van der Waals surface area contributed by atoms with Gasteiger partial charge in [0.05, 0.1) is 10.6 Å².